The quantitative estimate of drug-likeness (QED) is 0.667. The van der Waals surface area contributed by atoms with Gasteiger partial charge in [-0.2, -0.15) is 0 Å². The second-order valence-electron chi connectivity index (χ2n) is 1.99. The van der Waals surface area contributed by atoms with Crippen molar-refractivity contribution in [1.82, 2.24) is 0 Å². The summed E-state index contributed by atoms with van der Waals surface area (Å²) in [5.41, 5.74) is 0. The minimum atomic E-state index is -0.882. The smallest absolute Gasteiger partial charge is 0.329 e. The molecular weight excluding hydrogens is 166 g/mol. The third kappa shape index (κ3) is 2.11. The van der Waals surface area contributed by atoms with Crippen LogP contribution in [0.5, 0.6) is 0 Å². The fourth-order valence-corrected chi connectivity index (χ4v) is 1.60. The van der Waals surface area contributed by atoms with Crippen molar-refractivity contribution in [3.63, 3.8) is 0 Å². The number of rotatable bonds is 2. The lowest BCUT2D eigenvalue weighted by Gasteiger charge is -1.96. The van der Waals surface area contributed by atoms with Crippen molar-refractivity contribution >= 4 is 23.0 Å². The van der Waals surface area contributed by atoms with Crippen LogP contribution in [0.3, 0.4) is 0 Å². The van der Waals surface area contributed by atoms with E-state index in [1.54, 1.807) is 0 Å². The van der Waals surface area contributed by atoms with E-state index >= 15 is 0 Å². The van der Waals surface area contributed by atoms with E-state index in [0.29, 0.717) is 17.6 Å². The number of hydrogen-bond donors (Lipinski definition) is 1. The summed E-state index contributed by atoms with van der Waals surface area (Å²) in [5.74, 6) is -0.391. The first-order chi connectivity index (χ1) is 5.24. The Balaban J connectivity index is 2.47. The van der Waals surface area contributed by atoms with Gasteiger partial charge in [-0.1, -0.05) is 11.8 Å². The zero-order valence-corrected chi connectivity index (χ0v) is 6.93. The van der Waals surface area contributed by atoms with Crippen LogP contribution in [0.25, 0.3) is 0 Å². The van der Waals surface area contributed by atoms with E-state index in [2.05, 4.69) is 4.99 Å². The van der Waals surface area contributed by atoms with Crippen LogP contribution in [0.15, 0.2) is 4.99 Å². The Kier molecular flexibility index (Phi) is 2.76. The van der Waals surface area contributed by atoms with E-state index in [0.717, 1.165) is 0 Å². The molecule has 62 valence electrons. The molecule has 0 saturated heterocycles. The molecule has 0 aliphatic carbocycles. The molecular formula is C6H9NO3S. The van der Waals surface area contributed by atoms with E-state index in [1.807, 2.05) is 6.92 Å². The van der Waals surface area contributed by atoms with Crippen LogP contribution in [0, 0.1) is 0 Å². The summed E-state index contributed by atoms with van der Waals surface area (Å²) < 4.78 is 5.03. The highest BCUT2D eigenvalue weighted by Crippen LogP contribution is 2.18. The Hall–Kier alpha value is -0.710. The largest absolute Gasteiger partial charge is 0.480 e. The molecule has 0 bridgehead atoms. The molecule has 11 heavy (non-hydrogen) atoms. The molecule has 0 aromatic heterocycles. The number of nitrogens with zero attached hydrogens (tertiary/aromatic N) is 1. The van der Waals surface area contributed by atoms with Crippen molar-refractivity contribution in [2.24, 2.45) is 4.99 Å². The molecule has 0 aromatic carbocycles. The van der Waals surface area contributed by atoms with E-state index in [9.17, 15) is 4.79 Å². The molecule has 0 radical (unpaired) electrons. The lowest BCUT2D eigenvalue weighted by Crippen LogP contribution is -2.17. The topological polar surface area (TPSA) is 58.9 Å². The van der Waals surface area contributed by atoms with Crippen molar-refractivity contribution in [3.05, 3.63) is 0 Å². The molecule has 1 rings (SSSR count). The summed E-state index contributed by atoms with van der Waals surface area (Å²) in [6.45, 7) is 2.38. The van der Waals surface area contributed by atoms with Gasteiger partial charge in [-0.25, -0.2) is 9.79 Å². The minimum Gasteiger partial charge on any atom is -0.480 e. The summed E-state index contributed by atoms with van der Waals surface area (Å²) >= 11 is 1.35. The van der Waals surface area contributed by atoms with Gasteiger partial charge in [0.25, 0.3) is 0 Å². The molecule has 1 N–H and O–H groups in total. The Labute approximate surface area is 68.6 Å². The van der Waals surface area contributed by atoms with Crippen molar-refractivity contribution in [2.45, 2.75) is 13.0 Å². The fourth-order valence-electron chi connectivity index (χ4n) is 0.681. The lowest BCUT2D eigenvalue weighted by atomic mass is 10.4. The molecule has 0 amide bonds. The highest BCUT2D eigenvalue weighted by Gasteiger charge is 2.24. The van der Waals surface area contributed by atoms with Crippen LogP contribution >= 0.6 is 11.8 Å². The van der Waals surface area contributed by atoms with Gasteiger partial charge in [-0.15, -0.1) is 0 Å². The molecule has 1 aliphatic rings. The maximum absolute atomic E-state index is 10.4. The summed E-state index contributed by atoms with van der Waals surface area (Å²) in [6.07, 6.45) is 0. The summed E-state index contributed by atoms with van der Waals surface area (Å²) in [7, 11) is 0. The number of aliphatic imine (C=N–C) groups is 1. The Morgan fingerprint density at radius 1 is 2.00 bits per heavy atom. The van der Waals surface area contributed by atoms with Crippen LogP contribution < -0.4 is 0 Å². The van der Waals surface area contributed by atoms with Gasteiger partial charge in [-0.3, -0.25) is 0 Å². The second-order valence-corrected chi connectivity index (χ2v) is 2.96. The first kappa shape index (κ1) is 8.39. The zero-order valence-electron chi connectivity index (χ0n) is 6.11. The van der Waals surface area contributed by atoms with Crippen molar-refractivity contribution < 1.29 is 14.6 Å². The highest BCUT2D eigenvalue weighted by atomic mass is 32.2. The SMILES string of the molecule is CCOC1=N[C@H](C(=O)O)CS1. The maximum Gasteiger partial charge on any atom is 0.329 e. The Morgan fingerprint density at radius 2 is 2.73 bits per heavy atom. The second kappa shape index (κ2) is 3.61. The van der Waals surface area contributed by atoms with Gasteiger partial charge in [0, 0.05) is 5.75 Å². The molecule has 1 atom stereocenters. The first-order valence-corrected chi connectivity index (χ1v) is 4.28. The number of carbonyl (C=O) groups is 1. The lowest BCUT2D eigenvalue weighted by molar-refractivity contribution is -0.137. The van der Waals surface area contributed by atoms with Crippen LogP contribution in [-0.2, 0) is 9.53 Å². The van der Waals surface area contributed by atoms with Crippen LogP contribution in [-0.4, -0.2) is 34.7 Å². The standard InChI is InChI=1S/C6H9NO3S/c1-2-10-6-7-4(3-11-6)5(8)9/h4H,2-3H2,1H3,(H,8,9)/t4-/m0/s1. The van der Waals surface area contributed by atoms with Crippen LogP contribution in [0.4, 0.5) is 0 Å². The van der Waals surface area contributed by atoms with E-state index < -0.39 is 12.0 Å². The van der Waals surface area contributed by atoms with Gasteiger partial charge in [-0.05, 0) is 6.92 Å². The summed E-state index contributed by atoms with van der Waals surface area (Å²) in [5, 5.41) is 9.02. The van der Waals surface area contributed by atoms with Crippen molar-refractivity contribution in [3.8, 4) is 0 Å². The van der Waals surface area contributed by atoms with Crippen LogP contribution in [0.2, 0.25) is 0 Å². The van der Waals surface area contributed by atoms with Crippen LogP contribution in [0.1, 0.15) is 6.92 Å². The Bertz CT molecular complexity index is 192. The van der Waals surface area contributed by atoms with E-state index in [-0.39, 0.29) is 0 Å². The van der Waals surface area contributed by atoms with Gasteiger partial charge in [0.2, 0.25) is 5.23 Å². The molecule has 5 heteroatoms. The average molecular weight is 175 g/mol. The molecule has 0 aromatic rings. The molecule has 1 aliphatic heterocycles. The maximum atomic E-state index is 10.4. The predicted molar refractivity (Wildman–Crippen MR) is 42.9 cm³/mol. The minimum absolute atomic E-state index is 0.491. The number of carboxylic acids is 1. The summed E-state index contributed by atoms with van der Waals surface area (Å²) in [6, 6.07) is -0.610. The van der Waals surface area contributed by atoms with Crippen molar-refractivity contribution in [2.75, 3.05) is 12.4 Å². The number of aliphatic carboxylic acids is 1. The van der Waals surface area contributed by atoms with Crippen molar-refractivity contribution in [1.29, 1.82) is 0 Å². The monoisotopic (exact) mass is 175 g/mol. The zero-order chi connectivity index (χ0) is 8.27. The predicted octanol–water partition coefficient (Wildman–Crippen LogP) is 0.579. The molecule has 0 spiro atoms. The fraction of sp³-hybridized carbons (Fsp3) is 0.667. The molecule has 1 heterocycles. The third-order valence-electron chi connectivity index (χ3n) is 1.18. The van der Waals surface area contributed by atoms with Gasteiger partial charge >= 0.3 is 5.97 Å². The summed E-state index contributed by atoms with van der Waals surface area (Å²) in [4.78, 5) is 14.2. The van der Waals surface area contributed by atoms with Gasteiger partial charge in [0.1, 0.15) is 0 Å². The number of hydrogen-bond acceptors (Lipinski definition) is 4. The molecule has 0 saturated carbocycles. The number of carboxylic acid groups (broad SMARTS) is 1. The molecule has 0 unspecified atom stereocenters. The van der Waals surface area contributed by atoms with Gasteiger partial charge in [0.05, 0.1) is 6.61 Å². The third-order valence-corrected chi connectivity index (χ3v) is 2.13. The van der Waals surface area contributed by atoms with Gasteiger partial charge in [0.15, 0.2) is 6.04 Å². The first-order valence-electron chi connectivity index (χ1n) is 3.30. The molecule has 0 fully saturated rings. The number of ether oxygens (including phenoxy) is 1. The average Bonchev–Trinajstić information content (AvgIpc) is 2.37. The van der Waals surface area contributed by atoms with E-state index in [1.165, 1.54) is 11.8 Å². The normalized spacial score (nSPS) is 23.0. The van der Waals surface area contributed by atoms with E-state index in [4.69, 9.17) is 9.84 Å². The molecule has 4 nitrogen and oxygen atoms in total. The number of thioether (sulfide) groups is 1. The Morgan fingerprint density at radius 3 is 3.18 bits per heavy atom. The van der Waals surface area contributed by atoms with Gasteiger partial charge < -0.3 is 9.84 Å². The highest BCUT2D eigenvalue weighted by molar-refractivity contribution is 8.13.